The molecule has 1 unspecified atom stereocenters. The number of hydrogen-bond acceptors (Lipinski definition) is 6. The van der Waals surface area contributed by atoms with Gasteiger partial charge in [0.2, 0.25) is 5.91 Å². The third-order valence-electron chi connectivity index (χ3n) is 4.23. The second-order valence-electron chi connectivity index (χ2n) is 5.55. The Bertz CT molecular complexity index is 706. The number of nitrogens with two attached hydrogens (primary N) is 1. The van der Waals surface area contributed by atoms with Crippen LogP contribution in [0.5, 0.6) is 0 Å². The van der Waals surface area contributed by atoms with Crippen LogP contribution >= 0.6 is 35.5 Å². The van der Waals surface area contributed by atoms with Gasteiger partial charge in [-0.1, -0.05) is 11.8 Å². The molecule has 0 radical (unpaired) electrons. The summed E-state index contributed by atoms with van der Waals surface area (Å²) >= 11 is 3.19. The van der Waals surface area contributed by atoms with Gasteiger partial charge in [0, 0.05) is 29.4 Å². The van der Waals surface area contributed by atoms with E-state index in [0.29, 0.717) is 12.3 Å². The van der Waals surface area contributed by atoms with Gasteiger partial charge in [0.15, 0.2) is 0 Å². The van der Waals surface area contributed by atoms with Gasteiger partial charge in [-0.2, -0.15) is 0 Å². The molecule has 0 bridgehead atoms. The minimum absolute atomic E-state index is 0. The molecule has 3 rings (SSSR count). The van der Waals surface area contributed by atoms with Crippen LogP contribution < -0.4 is 5.73 Å². The second kappa shape index (κ2) is 7.79. The van der Waals surface area contributed by atoms with Gasteiger partial charge in [-0.05, 0) is 32.3 Å². The van der Waals surface area contributed by atoms with Crippen molar-refractivity contribution in [3.63, 3.8) is 0 Å². The molecule has 5 nitrogen and oxygen atoms in total. The zero-order valence-corrected chi connectivity index (χ0v) is 15.7. The maximum absolute atomic E-state index is 12.4. The predicted molar refractivity (Wildman–Crippen MR) is 98.7 cm³/mol. The minimum Gasteiger partial charge on any atom is -0.338 e. The second-order valence-corrected chi connectivity index (χ2v) is 7.72. The van der Waals surface area contributed by atoms with Crippen LogP contribution in [0.2, 0.25) is 0 Å². The summed E-state index contributed by atoms with van der Waals surface area (Å²) in [5.41, 5.74) is 6.97. The van der Waals surface area contributed by atoms with E-state index < -0.39 is 0 Å². The highest BCUT2D eigenvalue weighted by atomic mass is 35.5. The summed E-state index contributed by atoms with van der Waals surface area (Å²) in [6.45, 7) is 5.57. The maximum Gasteiger partial charge on any atom is 0.233 e. The van der Waals surface area contributed by atoms with E-state index in [1.807, 2.05) is 4.90 Å². The number of hydrogen-bond donors (Lipinski definition) is 1. The highest BCUT2D eigenvalue weighted by Crippen LogP contribution is 2.34. The van der Waals surface area contributed by atoms with E-state index in [1.54, 1.807) is 17.7 Å². The Balaban J connectivity index is 0.00000192. The average Bonchev–Trinajstić information content (AvgIpc) is 3.10. The molecule has 0 aliphatic carbocycles. The van der Waals surface area contributed by atoms with Crippen molar-refractivity contribution in [2.75, 3.05) is 18.8 Å². The number of likely N-dealkylation sites (tertiary alicyclic amines) is 1. The van der Waals surface area contributed by atoms with Crippen LogP contribution in [0.15, 0.2) is 11.4 Å². The first-order chi connectivity index (χ1) is 10.6. The van der Waals surface area contributed by atoms with Gasteiger partial charge in [0.25, 0.3) is 0 Å². The van der Waals surface area contributed by atoms with E-state index in [2.05, 4.69) is 23.8 Å². The van der Waals surface area contributed by atoms with Crippen LogP contribution in [0.3, 0.4) is 0 Å². The summed E-state index contributed by atoms with van der Waals surface area (Å²) in [6, 6.07) is 0.212. The monoisotopic (exact) mass is 372 g/mol. The minimum atomic E-state index is 0. The summed E-state index contributed by atoms with van der Waals surface area (Å²) in [6.07, 6.45) is 3.66. The van der Waals surface area contributed by atoms with Crippen molar-refractivity contribution in [3.05, 3.63) is 16.8 Å². The molecule has 2 N–H and O–H groups in total. The van der Waals surface area contributed by atoms with E-state index in [9.17, 15) is 4.79 Å². The summed E-state index contributed by atoms with van der Waals surface area (Å²) in [5, 5.41) is 2.00. The molecule has 0 spiro atoms. The Hall–Kier alpha value is -0.890. The molecule has 1 atom stereocenters. The van der Waals surface area contributed by atoms with Crippen LogP contribution in [-0.2, 0) is 4.79 Å². The number of amides is 1. The standard InChI is InChI=1S/C15H20N4OS2.ClH/c1-9-10(2)22-15-13(9)14(17-8-18-15)21-7-12(20)19-5-3-4-11(19)6-16;/h8,11H,3-7,16H2,1-2H3;1H. The summed E-state index contributed by atoms with van der Waals surface area (Å²) in [5.74, 6) is 0.575. The largest absolute Gasteiger partial charge is 0.338 e. The van der Waals surface area contributed by atoms with Crippen LogP contribution in [-0.4, -0.2) is 45.7 Å². The normalized spacial score (nSPS) is 17.5. The van der Waals surface area contributed by atoms with Crippen molar-refractivity contribution in [2.24, 2.45) is 5.73 Å². The number of thiophene rings is 1. The predicted octanol–water partition coefficient (Wildman–Crippen LogP) is 2.77. The Morgan fingerprint density at radius 2 is 2.26 bits per heavy atom. The average molecular weight is 373 g/mol. The third kappa shape index (κ3) is 3.63. The number of nitrogens with zero attached hydrogens (tertiary/aromatic N) is 3. The number of carbonyl (C=O) groups is 1. The fourth-order valence-electron chi connectivity index (χ4n) is 2.88. The van der Waals surface area contributed by atoms with Gasteiger partial charge < -0.3 is 10.6 Å². The van der Waals surface area contributed by atoms with Gasteiger partial charge in [0.1, 0.15) is 16.2 Å². The molecule has 2 aromatic heterocycles. The number of carbonyl (C=O) groups excluding carboxylic acids is 1. The fourth-order valence-corrected chi connectivity index (χ4v) is 4.88. The van der Waals surface area contributed by atoms with Gasteiger partial charge in [0.05, 0.1) is 5.75 Å². The van der Waals surface area contributed by atoms with Gasteiger partial charge in [-0.3, -0.25) is 4.79 Å². The van der Waals surface area contributed by atoms with E-state index in [4.69, 9.17) is 5.73 Å². The van der Waals surface area contributed by atoms with Crippen molar-refractivity contribution < 1.29 is 4.79 Å². The molecule has 1 amide bonds. The van der Waals surface area contributed by atoms with Gasteiger partial charge >= 0.3 is 0 Å². The number of fused-ring (bicyclic) bond motifs is 1. The Kier molecular flexibility index (Phi) is 6.25. The highest BCUT2D eigenvalue weighted by molar-refractivity contribution is 8.00. The van der Waals surface area contributed by atoms with Crippen LogP contribution in [0.4, 0.5) is 0 Å². The quantitative estimate of drug-likeness (QED) is 0.660. The smallest absolute Gasteiger partial charge is 0.233 e. The topological polar surface area (TPSA) is 72.1 Å². The zero-order valence-electron chi connectivity index (χ0n) is 13.2. The Morgan fingerprint density at radius 1 is 1.48 bits per heavy atom. The van der Waals surface area contributed by atoms with Crippen molar-refractivity contribution in [1.82, 2.24) is 14.9 Å². The van der Waals surface area contributed by atoms with E-state index >= 15 is 0 Å². The first-order valence-corrected chi connectivity index (χ1v) is 9.25. The SMILES string of the molecule is Cc1sc2ncnc(SCC(=O)N3CCCC3CN)c2c1C.Cl. The number of halogens is 1. The molecular formula is C15H21ClN4OS2. The molecule has 126 valence electrons. The lowest BCUT2D eigenvalue weighted by atomic mass is 10.2. The molecule has 3 heterocycles. The fraction of sp³-hybridized carbons (Fsp3) is 0.533. The van der Waals surface area contributed by atoms with Crippen LogP contribution in [0, 0.1) is 13.8 Å². The Morgan fingerprint density at radius 3 is 3.00 bits per heavy atom. The van der Waals surface area contributed by atoms with Crippen molar-refractivity contribution in [1.29, 1.82) is 0 Å². The van der Waals surface area contributed by atoms with E-state index in [1.165, 1.54) is 22.2 Å². The first-order valence-electron chi connectivity index (χ1n) is 7.45. The van der Waals surface area contributed by atoms with Gasteiger partial charge in [-0.25, -0.2) is 9.97 Å². The summed E-state index contributed by atoms with van der Waals surface area (Å²) < 4.78 is 0. The molecule has 1 aliphatic rings. The molecule has 1 fully saturated rings. The molecule has 1 saturated heterocycles. The van der Waals surface area contributed by atoms with E-state index in [0.717, 1.165) is 34.6 Å². The molecule has 8 heteroatoms. The lowest BCUT2D eigenvalue weighted by Gasteiger charge is -2.23. The first kappa shape index (κ1) is 18.4. The number of rotatable bonds is 4. The van der Waals surface area contributed by atoms with Crippen molar-refractivity contribution in [2.45, 2.75) is 37.8 Å². The molecule has 0 saturated carbocycles. The molecule has 1 aliphatic heterocycles. The van der Waals surface area contributed by atoms with Crippen molar-refractivity contribution in [3.8, 4) is 0 Å². The number of aryl methyl sites for hydroxylation is 2. The van der Waals surface area contributed by atoms with E-state index in [-0.39, 0.29) is 24.4 Å². The molecule has 2 aromatic rings. The molecular weight excluding hydrogens is 352 g/mol. The number of thioether (sulfide) groups is 1. The summed E-state index contributed by atoms with van der Waals surface area (Å²) in [7, 11) is 0. The zero-order chi connectivity index (χ0) is 15.7. The third-order valence-corrected chi connectivity index (χ3v) is 6.32. The lowest BCUT2D eigenvalue weighted by molar-refractivity contribution is -0.128. The number of aromatic nitrogens is 2. The maximum atomic E-state index is 12.4. The molecule has 0 aromatic carbocycles. The van der Waals surface area contributed by atoms with Gasteiger partial charge in [-0.15, -0.1) is 23.7 Å². The Labute approximate surface area is 150 Å². The van der Waals surface area contributed by atoms with Crippen LogP contribution in [0.1, 0.15) is 23.3 Å². The highest BCUT2D eigenvalue weighted by Gasteiger charge is 2.27. The van der Waals surface area contributed by atoms with Crippen molar-refractivity contribution >= 4 is 51.6 Å². The lowest BCUT2D eigenvalue weighted by Crippen LogP contribution is -2.40. The molecule has 23 heavy (non-hydrogen) atoms. The summed E-state index contributed by atoms with van der Waals surface area (Å²) in [4.78, 5) is 25.3. The van der Waals surface area contributed by atoms with Crippen LogP contribution in [0.25, 0.3) is 10.2 Å².